The summed E-state index contributed by atoms with van der Waals surface area (Å²) in [5, 5.41) is 7.29. The summed E-state index contributed by atoms with van der Waals surface area (Å²) in [6.07, 6.45) is 4.38. The normalized spacial score (nSPS) is 16.6. The number of nitrogens with one attached hydrogen (secondary N) is 1. The molecule has 32 heavy (non-hydrogen) atoms. The van der Waals surface area contributed by atoms with Gasteiger partial charge in [0.05, 0.1) is 12.8 Å². The fraction of sp³-hybridized carbons (Fsp3) is 0.385. The summed E-state index contributed by atoms with van der Waals surface area (Å²) < 4.78 is 5.43. The van der Waals surface area contributed by atoms with Crippen molar-refractivity contribution in [2.24, 2.45) is 0 Å². The Balaban J connectivity index is 1.34. The van der Waals surface area contributed by atoms with Crippen LogP contribution in [0.2, 0.25) is 0 Å². The Morgan fingerprint density at radius 3 is 2.78 bits per heavy atom. The van der Waals surface area contributed by atoms with E-state index in [9.17, 15) is 4.79 Å². The van der Waals surface area contributed by atoms with Crippen LogP contribution in [0.25, 0.3) is 11.3 Å². The molecule has 2 heterocycles. The van der Waals surface area contributed by atoms with E-state index in [0.29, 0.717) is 11.4 Å². The van der Waals surface area contributed by atoms with Crippen LogP contribution < -0.4 is 4.74 Å². The lowest BCUT2D eigenvalue weighted by Gasteiger charge is -2.37. The molecule has 1 amide bonds. The van der Waals surface area contributed by atoms with Crippen molar-refractivity contribution in [2.45, 2.75) is 31.7 Å². The highest BCUT2D eigenvalue weighted by atomic mass is 16.5. The zero-order chi connectivity index (χ0) is 22.3. The number of ether oxygens (including phenoxy) is 1. The average molecular weight is 433 g/mol. The van der Waals surface area contributed by atoms with Crippen molar-refractivity contribution in [2.75, 3.05) is 33.8 Å². The van der Waals surface area contributed by atoms with Crippen LogP contribution in [0.15, 0.2) is 60.7 Å². The molecule has 0 saturated carbocycles. The molecule has 1 saturated heterocycles. The van der Waals surface area contributed by atoms with Crippen LogP contribution in [0.5, 0.6) is 5.75 Å². The lowest BCUT2D eigenvalue weighted by Crippen LogP contribution is -2.48. The van der Waals surface area contributed by atoms with E-state index in [2.05, 4.69) is 45.4 Å². The average Bonchev–Trinajstić information content (AvgIpc) is 3.34. The Hall–Kier alpha value is -3.12. The van der Waals surface area contributed by atoms with Crippen molar-refractivity contribution in [3.05, 3.63) is 71.9 Å². The molecule has 168 valence electrons. The minimum atomic E-state index is -0.0187. The van der Waals surface area contributed by atoms with Gasteiger partial charge in [-0.1, -0.05) is 42.5 Å². The van der Waals surface area contributed by atoms with Gasteiger partial charge in [0.25, 0.3) is 5.91 Å². The SMILES string of the molecule is COc1ccccc1-c1cc(C(=O)N(C)C2CCCN(CCCc3ccccc3)C2)[nH]n1. The number of aryl methyl sites for hydroxylation is 1. The van der Waals surface area contributed by atoms with Crippen LogP contribution in [0.3, 0.4) is 0 Å². The van der Waals surface area contributed by atoms with E-state index < -0.39 is 0 Å². The molecule has 1 aliphatic heterocycles. The van der Waals surface area contributed by atoms with Gasteiger partial charge in [-0.15, -0.1) is 0 Å². The van der Waals surface area contributed by atoms with Crippen LogP contribution in [-0.4, -0.2) is 65.7 Å². The first-order valence-electron chi connectivity index (χ1n) is 11.4. The van der Waals surface area contributed by atoms with E-state index in [1.807, 2.05) is 42.3 Å². The lowest BCUT2D eigenvalue weighted by atomic mass is 10.0. The number of aromatic nitrogens is 2. The van der Waals surface area contributed by atoms with Gasteiger partial charge in [0.15, 0.2) is 0 Å². The van der Waals surface area contributed by atoms with Crippen molar-refractivity contribution in [1.82, 2.24) is 20.0 Å². The van der Waals surface area contributed by atoms with E-state index in [1.165, 1.54) is 5.56 Å². The zero-order valence-electron chi connectivity index (χ0n) is 19.0. The molecule has 1 aliphatic rings. The summed E-state index contributed by atoms with van der Waals surface area (Å²) in [5.74, 6) is 0.722. The summed E-state index contributed by atoms with van der Waals surface area (Å²) in [6.45, 7) is 3.09. The first-order valence-corrected chi connectivity index (χ1v) is 11.4. The molecule has 0 aliphatic carbocycles. The molecule has 0 radical (unpaired) electrons. The van der Waals surface area contributed by atoms with Crippen LogP contribution in [-0.2, 0) is 6.42 Å². The summed E-state index contributed by atoms with van der Waals surface area (Å²) in [5.41, 5.74) is 3.48. The number of carbonyl (C=O) groups excluding carboxylic acids is 1. The Bertz CT molecular complexity index is 1020. The molecule has 1 aromatic heterocycles. The zero-order valence-corrected chi connectivity index (χ0v) is 19.0. The van der Waals surface area contributed by atoms with Crippen molar-refractivity contribution in [3.63, 3.8) is 0 Å². The molecule has 1 fully saturated rings. The molecule has 1 N–H and O–H groups in total. The number of amides is 1. The minimum Gasteiger partial charge on any atom is -0.496 e. The number of likely N-dealkylation sites (N-methyl/N-ethyl adjacent to an activating group) is 1. The second-order valence-corrected chi connectivity index (χ2v) is 8.47. The summed E-state index contributed by atoms with van der Waals surface area (Å²) >= 11 is 0. The summed E-state index contributed by atoms with van der Waals surface area (Å²) in [4.78, 5) is 17.5. The molecule has 0 bridgehead atoms. The van der Waals surface area contributed by atoms with Crippen molar-refractivity contribution >= 4 is 5.91 Å². The number of likely N-dealkylation sites (tertiary alicyclic amines) is 1. The van der Waals surface area contributed by atoms with E-state index in [-0.39, 0.29) is 11.9 Å². The molecule has 3 aromatic rings. The van der Waals surface area contributed by atoms with Gasteiger partial charge in [-0.3, -0.25) is 9.89 Å². The summed E-state index contributed by atoms with van der Waals surface area (Å²) in [7, 11) is 3.55. The molecule has 6 heteroatoms. The van der Waals surface area contributed by atoms with Crippen LogP contribution in [0, 0.1) is 0 Å². The molecule has 0 spiro atoms. The maximum atomic E-state index is 13.2. The van der Waals surface area contributed by atoms with Gasteiger partial charge in [-0.05, 0) is 62.5 Å². The molecule has 2 aromatic carbocycles. The number of hydrogen-bond donors (Lipinski definition) is 1. The fourth-order valence-corrected chi connectivity index (χ4v) is 4.48. The quantitative estimate of drug-likeness (QED) is 0.578. The number of hydrogen-bond acceptors (Lipinski definition) is 4. The highest BCUT2D eigenvalue weighted by Gasteiger charge is 2.27. The third-order valence-corrected chi connectivity index (χ3v) is 6.32. The van der Waals surface area contributed by atoms with E-state index in [1.54, 1.807) is 7.11 Å². The van der Waals surface area contributed by atoms with E-state index in [4.69, 9.17) is 4.74 Å². The Labute approximate surface area is 190 Å². The largest absolute Gasteiger partial charge is 0.496 e. The van der Waals surface area contributed by atoms with Crippen LogP contribution >= 0.6 is 0 Å². The lowest BCUT2D eigenvalue weighted by molar-refractivity contribution is 0.0611. The minimum absolute atomic E-state index is 0.0187. The van der Waals surface area contributed by atoms with Gasteiger partial charge in [0, 0.05) is 25.2 Å². The van der Waals surface area contributed by atoms with Gasteiger partial charge >= 0.3 is 0 Å². The van der Waals surface area contributed by atoms with Gasteiger partial charge in [-0.2, -0.15) is 5.10 Å². The molecule has 4 rings (SSSR count). The maximum Gasteiger partial charge on any atom is 0.271 e. The monoisotopic (exact) mass is 432 g/mol. The first-order chi connectivity index (χ1) is 15.7. The number of aromatic amines is 1. The van der Waals surface area contributed by atoms with Crippen molar-refractivity contribution in [3.8, 4) is 17.0 Å². The highest BCUT2D eigenvalue weighted by Crippen LogP contribution is 2.28. The number of carbonyl (C=O) groups is 1. The number of rotatable bonds is 8. The van der Waals surface area contributed by atoms with E-state index >= 15 is 0 Å². The van der Waals surface area contributed by atoms with Crippen molar-refractivity contribution < 1.29 is 9.53 Å². The Kier molecular flexibility index (Phi) is 7.22. The number of piperidine rings is 1. The molecular formula is C26H32N4O2. The third kappa shape index (κ3) is 5.19. The van der Waals surface area contributed by atoms with E-state index in [0.717, 1.165) is 56.6 Å². The fourth-order valence-electron chi connectivity index (χ4n) is 4.48. The van der Waals surface area contributed by atoms with Gasteiger partial charge in [-0.25, -0.2) is 0 Å². The third-order valence-electron chi connectivity index (χ3n) is 6.32. The molecular weight excluding hydrogens is 400 g/mol. The molecule has 1 atom stereocenters. The first kappa shape index (κ1) is 22.1. The van der Waals surface area contributed by atoms with Gasteiger partial charge < -0.3 is 14.5 Å². The topological polar surface area (TPSA) is 61.5 Å². The number of methoxy groups -OCH3 is 1. The number of nitrogens with zero attached hydrogens (tertiary/aromatic N) is 3. The number of benzene rings is 2. The smallest absolute Gasteiger partial charge is 0.271 e. The standard InChI is InChI=1S/C26H32N4O2/c1-29(21-13-9-17-30(19-21)16-8-12-20-10-4-3-5-11-20)26(31)24-18-23(27-28-24)22-14-6-7-15-25(22)32-2/h3-7,10-11,14-15,18,21H,8-9,12-13,16-17,19H2,1-2H3,(H,27,28). The Morgan fingerprint density at radius 2 is 1.97 bits per heavy atom. The van der Waals surface area contributed by atoms with Gasteiger partial charge in [0.1, 0.15) is 11.4 Å². The predicted molar refractivity (Wildman–Crippen MR) is 127 cm³/mol. The second-order valence-electron chi connectivity index (χ2n) is 8.47. The van der Waals surface area contributed by atoms with Crippen molar-refractivity contribution in [1.29, 1.82) is 0 Å². The number of para-hydroxylation sites is 1. The van der Waals surface area contributed by atoms with Crippen LogP contribution in [0.4, 0.5) is 0 Å². The summed E-state index contributed by atoms with van der Waals surface area (Å²) in [6, 6.07) is 20.4. The Morgan fingerprint density at radius 1 is 1.19 bits per heavy atom. The van der Waals surface area contributed by atoms with Gasteiger partial charge in [0.2, 0.25) is 0 Å². The predicted octanol–water partition coefficient (Wildman–Crippen LogP) is 4.25. The number of H-pyrrole nitrogens is 1. The maximum absolute atomic E-state index is 13.2. The highest BCUT2D eigenvalue weighted by molar-refractivity contribution is 5.93. The van der Waals surface area contributed by atoms with Crippen LogP contribution in [0.1, 0.15) is 35.3 Å². The molecule has 1 unspecified atom stereocenters. The second kappa shape index (κ2) is 10.5. The molecule has 6 nitrogen and oxygen atoms in total.